The molecule has 1 saturated heterocycles. The number of aryl methyl sites for hydroxylation is 1. The van der Waals surface area contributed by atoms with Crippen LogP contribution in [0, 0.1) is 6.92 Å². The quantitative estimate of drug-likeness (QED) is 0.939. The number of aromatic nitrogens is 1. The molecular weight excluding hydrogens is 309 g/mol. The Morgan fingerprint density at radius 1 is 1.24 bits per heavy atom. The van der Waals surface area contributed by atoms with Gasteiger partial charge in [-0.3, -0.25) is 4.90 Å². The van der Waals surface area contributed by atoms with Gasteiger partial charge in [-0.25, -0.2) is 0 Å². The molecule has 0 spiro atoms. The lowest BCUT2D eigenvalue weighted by Crippen LogP contribution is -2.45. The van der Waals surface area contributed by atoms with Gasteiger partial charge in [-0.05, 0) is 12.5 Å². The van der Waals surface area contributed by atoms with Crippen LogP contribution in [0.1, 0.15) is 22.9 Å². The lowest BCUT2D eigenvalue weighted by atomic mass is 10.0. The van der Waals surface area contributed by atoms with E-state index in [-0.39, 0.29) is 24.8 Å². The Labute approximate surface area is 137 Å². The average Bonchev–Trinajstić information content (AvgIpc) is 2.93. The Balaban J connectivity index is 0.00000110. The highest BCUT2D eigenvalue weighted by molar-refractivity contribution is 5.85. The summed E-state index contributed by atoms with van der Waals surface area (Å²) in [5.74, 6) is 0.935. The van der Waals surface area contributed by atoms with Crippen LogP contribution in [0.4, 0.5) is 0 Å². The number of nitrogens with one attached hydrogen (secondary N) is 1. The second kappa shape index (κ2) is 8.39. The van der Waals surface area contributed by atoms with E-state index >= 15 is 0 Å². The standard InChI is InChI=1S/C15H19N3O.2ClH/c1-12-2-4-13(5-3-12)15-11-18(9-8-16-15)10-14-6-7-17-19-14;;/h2-7,15-16H,8-11H2,1H3;2*1H. The van der Waals surface area contributed by atoms with Gasteiger partial charge in [-0.2, -0.15) is 0 Å². The zero-order valence-corrected chi connectivity index (χ0v) is 13.6. The maximum absolute atomic E-state index is 5.18. The Bertz CT molecular complexity index is 516. The van der Waals surface area contributed by atoms with E-state index in [2.05, 4.69) is 46.6 Å². The van der Waals surface area contributed by atoms with Crippen molar-refractivity contribution < 1.29 is 4.52 Å². The number of hydrogen-bond acceptors (Lipinski definition) is 4. The van der Waals surface area contributed by atoms with Crippen LogP contribution in [0.25, 0.3) is 0 Å². The summed E-state index contributed by atoms with van der Waals surface area (Å²) in [6, 6.07) is 11.1. The summed E-state index contributed by atoms with van der Waals surface area (Å²) < 4.78 is 5.18. The van der Waals surface area contributed by atoms with Crippen molar-refractivity contribution in [1.29, 1.82) is 0 Å². The first-order chi connectivity index (χ1) is 9.31. The topological polar surface area (TPSA) is 41.3 Å². The van der Waals surface area contributed by atoms with Crippen LogP contribution in [0.3, 0.4) is 0 Å². The van der Waals surface area contributed by atoms with Crippen molar-refractivity contribution in [2.45, 2.75) is 19.5 Å². The molecule has 21 heavy (non-hydrogen) atoms. The Morgan fingerprint density at radius 3 is 2.67 bits per heavy atom. The first-order valence-corrected chi connectivity index (χ1v) is 6.73. The van der Waals surface area contributed by atoms with Gasteiger partial charge in [0, 0.05) is 31.7 Å². The first-order valence-electron chi connectivity index (χ1n) is 6.73. The van der Waals surface area contributed by atoms with Gasteiger partial charge in [-0.15, -0.1) is 24.8 Å². The SMILES string of the molecule is Cc1ccc(C2CN(Cc3ccno3)CCN2)cc1.Cl.Cl. The van der Waals surface area contributed by atoms with Crippen LogP contribution in [0.2, 0.25) is 0 Å². The molecule has 1 fully saturated rings. The first kappa shape index (κ1) is 18.0. The molecule has 1 aromatic carbocycles. The highest BCUT2D eigenvalue weighted by Crippen LogP contribution is 2.19. The van der Waals surface area contributed by atoms with Crippen LogP contribution in [-0.2, 0) is 6.54 Å². The minimum absolute atomic E-state index is 0. The number of nitrogens with zero attached hydrogens (tertiary/aromatic N) is 2. The van der Waals surface area contributed by atoms with E-state index in [4.69, 9.17) is 4.52 Å². The summed E-state index contributed by atoms with van der Waals surface area (Å²) in [5.41, 5.74) is 2.66. The van der Waals surface area contributed by atoms with E-state index in [9.17, 15) is 0 Å². The van der Waals surface area contributed by atoms with Gasteiger partial charge in [0.1, 0.15) is 0 Å². The van der Waals surface area contributed by atoms with Crippen molar-refractivity contribution in [1.82, 2.24) is 15.4 Å². The Hall–Kier alpha value is -1.07. The van der Waals surface area contributed by atoms with Crippen molar-refractivity contribution in [3.63, 3.8) is 0 Å². The molecule has 6 heteroatoms. The maximum atomic E-state index is 5.18. The van der Waals surface area contributed by atoms with Crippen LogP contribution < -0.4 is 5.32 Å². The normalized spacial score (nSPS) is 18.6. The van der Waals surface area contributed by atoms with E-state index in [1.807, 2.05) is 6.07 Å². The molecule has 1 aliphatic heterocycles. The monoisotopic (exact) mass is 329 g/mol. The molecule has 2 heterocycles. The molecule has 0 aliphatic carbocycles. The molecule has 2 aromatic rings. The molecule has 0 amide bonds. The van der Waals surface area contributed by atoms with Crippen LogP contribution in [0.5, 0.6) is 0 Å². The zero-order chi connectivity index (χ0) is 13.1. The summed E-state index contributed by atoms with van der Waals surface area (Å²) in [6.07, 6.45) is 1.70. The van der Waals surface area contributed by atoms with E-state index in [1.54, 1.807) is 6.20 Å². The second-order valence-electron chi connectivity index (χ2n) is 5.13. The summed E-state index contributed by atoms with van der Waals surface area (Å²) in [5, 5.41) is 7.33. The summed E-state index contributed by atoms with van der Waals surface area (Å²) in [6.45, 7) is 6.01. The summed E-state index contributed by atoms with van der Waals surface area (Å²) in [7, 11) is 0. The molecular formula is C15H21Cl2N3O. The molecule has 4 nitrogen and oxygen atoms in total. The van der Waals surface area contributed by atoms with Gasteiger partial charge >= 0.3 is 0 Å². The van der Waals surface area contributed by atoms with Crippen molar-refractivity contribution in [2.24, 2.45) is 0 Å². The van der Waals surface area contributed by atoms with E-state index < -0.39 is 0 Å². The highest BCUT2D eigenvalue weighted by atomic mass is 35.5. The van der Waals surface area contributed by atoms with Gasteiger partial charge in [0.25, 0.3) is 0 Å². The number of halogens is 2. The van der Waals surface area contributed by atoms with Gasteiger partial charge in [0.15, 0.2) is 5.76 Å². The van der Waals surface area contributed by atoms with E-state index in [1.165, 1.54) is 11.1 Å². The number of rotatable bonds is 3. The van der Waals surface area contributed by atoms with Crippen LogP contribution >= 0.6 is 24.8 Å². The largest absolute Gasteiger partial charge is 0.360 e. The summed E-state index contributed by atoms with van der Waals surface area (Å²) in [4.78, 5) is 2.40. The number of hydrogen-bond donors (Lipinski definition) is 1. The number of benzene rings is 1. The fraction of sp³-hybridized carbons (Fsp3) is 0.400. The van der Waals surface area contributed by atoms with E-state index in [0.29, 0.717) is 6.04 Å². The second-order valence-corrected chi connectivity index (χ2v) is 5.13. The smallest absolute Gasteiger partial charge is 0.150 e. The minimum Gasteiger partial charge on any atom is -0.360 e. The fourth-order valence-corrected chi connectivity index (χ4v) is 2.52. The van der Waals surface area contributed by atoms with Crippen LogP contribution in [0.15, 0.2) is 41.1 Å². The third-order valence-corrected chi connectivity index (χ3v) is 3.61. The van der Waals surface area contributed by atoms with E-state index in [0.717, 1.165) is 31.9 Å². The van der Waals surface area contributed by atoms with Gasteiger partial charge in [-0.1, -0.05) is 35.0 Å². The predicted molar refractivity (Wildman–Crippen MR) is 88.2 cm³/mol. The third kappa shape index (κ3) is 4.71. The van der Waals surface area contributed by atoms with Crippen LogP contribution in [-0.4, -0.2) is 29.7 Å². The lowest BCUT2D eigenvalue weighted by molar-refractivity contribution is 0.175. The fourth-order valence-electron chi connectivity index (χ4n) is 2.52. The zero-order valence-electron chi connectivity index (χ0n) is 12.0. The van der Waals surface area contributed by atoms with Crippen molar-refractivity contribution in [3.8, 4) is 0 Å². The highest BCUT2D eigenvalue weighted by Gasteiger charge is 2.21. The lowest BCUT2D eigenvalue weighted by Gasteiger charge is -2.33. The number of piperazine rings is 1. The molecule has 116 valence electrons. The molecule has 1 atom stereocenters. The molecule has 1 N–H and O–H groups in total. The molecule has 0 radical (unpaired) electrons. The maximum Gasteiger partial charge on any atom is 0.150 e. The molecule has 0 saturated carbocycles. The third-order valence-electron chi connectivity index (χ3n) is 3.61. The average molecular weight is 330 g/mol. The van der Waals surface area contributed by atoms with Crippen molar-refractivity contribution in [2.75, 3.05) is 19.6 Å². The van der Waals surface area contributed by atoms with Crippen molar-refractivity contribution in [3.05, 3.63) is 53.4 Å². The molecule has 1 aliphatic rings. The minimum atomic E-state index is 0. The predicted octanol–water partition coefficient (Wildman–Crippen LogP) is 2.97. The molecule has 0 bridgehead atoms. The van der Waals surface area contributed by atoms with Gasteiger partial charge < -0.3 is 9.84 Å². The molecule has 3 rings (SSSR count). The van der Waals surface area contributed by atoms with Gasteiger partial charge in [0.05, 0.1) is 12.7 Å². The molecule has 1 unspecified atom stereocenters. The van der Waals surface area contributed by atoms with Gasteiger partial charge in [0.2, 0.25) is 0 Å². The Morgan fingerprint density at radius 2 is 2.00 bits per heavy atom. The summed E-state index contributed by atoms with van der Waals surface area (Å²) >= 11 is 0. The Kier molecular flexibility index (Phi) is 7.18. The molecule has 1 aromatic heterocycles. The van der Waals surface area contributed by atoms with Crippen molar-refractivity contribution >= 4 is 24.8 Å².